The lowest BCUT2D eigenvalue weighted by Crippen LogP contribution is -2.28. The van der Waals surface area contributed by atoms with Gasteiger partial charge in [-0.3, -0.25) is 5.32 Å². The summed E-state index contributed by atoms with van der Waals surface area (Å²) in [7, 11) is -4.61. The van der Waals surface area contributed by atoms with Gasteiger partial charge in [-0.1, -0.05) is 16.5 Å². The number of anilines is 1. The molecule has 0 saturated heterocycles. The Morgan fingerprint density at radius 1 is 1.41 bits per heavy atom. The zero-order chi connectivity index (χ0) is 20.2. The number of nitrogens with one attached hydrogen (secondary N) is 2. The Bertz CT molecular complexity index is 972. The first-order valence-electron chi connectivity index (χ1n) is 7.14. The molecule has 14 heteroatoms. The van der Waals surface area contributed by atoms with Gasteiger partial charge in [0.05, 0.1) is 16.4 Å². The van der Waals surface area contributed by atoms with Gasteiger partial charge in [-0.25, -0.2) is 9.78 Å². The van der Waals surface area contributed by atoms with Gasteiger partial charge in [0.15, 0.2) is 5.13 Å². The van der Waals surface area contributed by atoms with E-state index < -0.39 is 27.4 Å². The van der Waals surface area contributed by atoms with Crippen LogP contribution in [0.25, 0.3) is 10.2 Å². The number of benzene rings is 1. The quantitative estimate of drug-likeness (QED) is 0.317. The highest BCUT2D eigenvalue weighted by Gasteiger charge is 2.48. The molecule has 1 heterocycles. The van der Waals surface area contributed by atoms with Crippen LogP contribution >= 0.6 is 11.3 Å². The maximum absolute atomic E-state index is 12.5. The number of thiazole rings is 1. The minimum Gasteiger partial charge on any atom is -0.399 e. The molecule has 0 aliphatic carbocycles. The van der Waals surface area contributed by atoms with E-state index >= 15 is 0 Å². The maximum atomic E-state index is 12.5. The van der Waals surface area contributed by atoms with Gasteiger partial charge in [0.2, 0.25) is 0 Å². The van der Waals surface area contributed by atoms with E-state index in [4.69, 9.17) is 0 Å². The number of nitrogens with zero attached hydrogens (tertiary/aromatic N) is 2. The smallest absolute Gasteiger partial charge is 0.399 e. The van der Waals surface area contributed by atoms with Crippen molar-refractivity contribution in [1.29, 1.82) is 0 Å². The van der Waals surface area contributed by atoms with Crippen LogP contribution in [0.1, 0.15) is 12.5 Å². The Balaban J connectivity index is 2.48. The third kappa shape index (κ3) is 4.97. The lowest BCUT2D eigenvalue weighted by Gasteiger charge is -2.09. The first-order valence-corrected chi connectivity index (χ1v) is 9.36. The molecule has 0 radical (unpaired) electrons. The number of hydrogen-bond donors (Lipinski definition) is 2. The summed E-state index contributed by atoms with van der Waals surface area (Å²) in [6.45, 7) is 2.08. The van der Waals surface area contributed by atoms with E-state index in [-0.39, 0.29) is 16.2 Å². The van der Waals surface area contributed by atoms with Crippen LogP contribution in [-0.4, -0.2) is 44.8 Å². The summed E-state index contributed by atoms with van der Waals surface area (Å²) in [6, 6.07) is 1.50. The lowest BCUT2D eigenvalue weighted by atomic mass is 10.2. The van der Waals surface area contributed by atoms with Gasteiger partial charge in [-0.05, 0) is 13.0 Å². The molecule has 148 valence electrons. The molecule has 2 rings (SSSR count). The van der Waals surface area contributed by atoms with E-state index in [1.165, 1.54) is 7.11 Å². The molecule has 0 unspecified atom stereocenters. The van der Waals surface area contributed by atoms with Gasteiger partial charge in [0.25, 0.3) is 0 Å². The predicted octanol–water partition coefficient (Wildman–Crippen LogP) is 2.65. The maximum Gasteiger partial charge on any atom is 0.534 e. The average molecular weight is 426 g/mol. The van der Waals surface area contributed by atoms with Crippen LogP contribution in [0.3, 0.4) is 0 Å². The molecule has 0 aliphatic rings. The van der Waals surface area contributed by atoms with E-state index in [0.29, 0.717) is 11.2 Å². The van der Waals surface area contributed by atoms with Crippen molar-refractivity contribution in [1.82, 2.24) is 10.3 Å². The fourth-order valence-electron chi connectivity index (χ4n) is 1.81. The minimum absolute atomic E-state index is 0.0965. The summed E-state index contributed by atoms with van der Waals surface area (Å²) in [5.41, 5.74) is -5.31. The Labute approximate surface area is 155 Å². The van der Waals surface area contributed by atoms with E-state index in [9.17, 15) is 26.4 Å². The highest BCUT2D eigenvalue weighted by Crippen LogP contribution is 2.34. The second-order valence-electron chi connectivity index (χ2n) is 4.76. The summed E-state index contributed by atoms with van der Waals surface area (Å²) in [4.78, 5) is 20.2. The van der Waals surface area contributed by atoms with Crippen LogP contribution in [0.4, 0.5) is 23.1 Å². The Kier molecular flexibility index (Phi) is 6.10. The fourth-order valence-corrected chi connectivity index (χ4v) is 3.18. The molecular formula is C13H13F3N4O5S2. The second-order valence-corrected chi connectivity index (χ2v) is 7.30. The number of rotatable bonds is 6. The summed E-state index contributed by atoms with van der Waals surface area (Å²) < 4.78 is 64.6. The molecule has 27 heavy (non-hydrogen) atoms. The van der Waals surface area contributed by atoms with Gasteiger partial charge in [-0.15, -0.1) is 0 Å². The van der Waals surface area contributed by atoms with Crippen LogP contribution < -0.4 is 14.8 Å². The highest BCUT2D eigenvalue weighted by atomic mass is 32.2. The van der Waals surface area contributed by atoms with Gasteiger partial charge in [0, 0.05) is 18.2 Å². The third-order valence-electron chi connectivity index (χ3n) is 2.84. The monoisotopic (exact) mass is 426 g/mol. The molecule has 2 amide bonds. The van der Waals surface area contributed by atoms with Crippen LogP contribution in [0.15, 0.2) is 17.3 Å². The van der Waals surface area contributed by atoms with Crippen LogP contribution in [-0.2, 0) is 15.0 Å². The number of hydrogen-bond acceptors (Lipinski definition) is 8. The van der Waals surface area contributed by atoms with Crippen LogP contribution in [0, 0.1) is 0 Å². The van der Waals surface area contributed by atoms with Crippen molar-refractivity contribution < 1.29 is 35.4 Å². The van der Waals surface area contributed by atoms with Gasteiger partial charge in [0.1, 0.15) is 12.9 Å². The summed E-state index contributed by atoms with van der Waals surface area (Å²) in [5.74, 6) is -0.618. The molecule has 0 fully saturated rings. The predicted molar refractivity (Wildman–Crippen MR) is 92.5 cm³/mol. The lowest BCUT2D eigenvalue weighted by molar-refractivity contribution is -0.0500. The van der Waals surface area contributed by atoms with E-state index in [0.717, 1.165) is 29.7 Å². The molecule has 0 bridgehead atoms. The van der Waals surface area contributed by atoms with Gasteiger partial charge >= 0.3 is 21.7 Å². The second kappa shape index (κ2) is 7.96. The summed E-state index contributed by atoms with van der Waals surface area (Å²) in [5, 5.41) is 8.58. The Morgan fingerprint density at radius 2 is 2.11 bits per heavy atom. The summed E-state index contributed by atoms with van der Waals surface area (Å²) in [6.07, 6.45) is 1.14. The summed E-state index contributed by atoms with van der Waals surface area (Å²) >= 11 is 1.00. The Morgan fingerprint density at radius 3 is 2.70 bits per heavy atom. The number of carbonyl (C=O) groups excluding carboxylic acids is 1. The molecule has 2 aromatic rings. The zero-order valence-electron chi connectivity index (χ0n) is 13.8. The van der Waals surface area contributed by atoms with Crippen molar-refractivity contribution in [3.8, 4) is 5.75 Å². The molecule has 1 aromatic heterocycles. The van der Waals surface area contributed by atoms with Crippen LogP contribution in [0.5, 0.6) is 5.75 Å². The molecule has 0 spiro atoms. The number of fused-ring (bicyclic) bond motifs is 1. The fraction of sp³-hybridized carbons (Fsp3) is 0.308. The largest absolute Gasteiger partial charge is 0.534 e. The first-order chi connectivity index (χ1) is 12.6. The number of urea groups is 1. The molecule has 0 atom stereocenters. The standard InChI is InChI=1S/C13H13F3N4O5S2/c1-3-17-11(21)20-12-19-9-5-8(25-27(22,23)13(14,15)16)4-7(6-18-24-2)10(9)26-12/h4-6H,3H2,1-2H3,(H2,17,19,20,21). The molecule has 9 nitrogen and oxygen atoms in total. The van der Waals surface area contributed by atoms with Crippen molar-refractivity contribution in [2.75, 3.05) is 19.0 Å². The van der Waals surface area contributed by atoms with E-state index in [1.54, 1.807) is 6.92 Å². The minimum atomic E-state index is -5.86. The number of aromatic nitrogens is 1. The SMILES string of the molecule is CCNC(=O)Nc1nc2cc(OS(=O)(=O)C(F)(F)F)cc(C=NOC)c2s1. The van der Waals surface area contributed by atoms with E-state index in [2.05, 4.69) is 29.8 Å². The number of halogens is 3. The zero-order valence-corrected chi connectivity index (χ0v) is 15.5. The normalized spacial score (nSPS) is 12.3. The van der Waals surface area contributed by atoms with Gasteiger partial charge < -0.3 is 14.3 Å². The average Bonchev–Trinajstić information content (AvgIpc) is 2.93. The van der Waals surface area contributed by atoms with Crippen molar-refractivity contribution in [2.24, 2.45) is 5.16 Å². The highest BCUT2D eigenvalue weighted by molar-refractivity contribution is 7.88. The molecule has 2 N–H and O–H groups in total. The topological polar surface area (TPSA) is 119 Å². The third-order valence-corrected chi connectivity index (χ3v) is 4.85. The van der Waals surface area contributed by atoms with Crippen molar-refractivity contribution in [3.63, 3.8) is 0 Å². The molecule has 0 aliphatic heterocycles. The first kappa shape index (κ1) is 20.7. The van der Waals surface area contributed by atoms with Crippen molar-refractivity contribution in [2.45, 2.75) is 12.4 Å². The van der Waals surface area contributed by atoms with Crippen molar-refractivity contribution >= 4 is 49.0 Å². The number of alkyl halides is 3. The van der Waals surface area contributed by atoms with Crippen molar-refractivity contribution in [3.05, 3.63) is 17.7 Å². The molecular weight excluding hydrogens is 413 g/mol. The number of oxime groups is 1. The Hall–Kier alpha value is -2.61. The number of carbonyl (C=O) groups is 1. The van der Waals surface area contributed by atoms with E-state index in [1.807, 2.05) is 0 Å². The van der Waals surface area contributed by atoms with Gasteiger partial charge in [-0.2, -0.15) is 21.6 Å². The molecule has 0 saturated carbocycles. The van der Waals surface area contributed by atoms with Crippen LogP contribution in [0.2, 0.25) is 0 Å². The molecule has 1 aromatic carbocycles. The number of amides is 2.